The lowest BCUT2D eigenvalue weighted by atomic mass is 9.81. The van der Waals surface area contributed by atoms with Gasteiger partial charge in [0.05, 0.1) is 4.90 Å². The van der Waals surface area contributed by atoms with Gasteiger partial charge in [-0.25, -0.2) is 13.1 Å². The van der Waals surface area contributed by atoms with Crippen molar-refractivity contribution < 1.29 is 8.42 Å². The largest absolute Gasteiger partial charge is 0.317 e. The highest BCUT2D eigenvalue weighted by Gasteiger charge is 2.29. The van der Waals surface area contributed by atoms with Crippen molar-refractivity contribution in [1.29, 1.82) is 0 Å². The first kappa shape index (κ1) is 19.9. The van der Waals surface area contributed by atoms with E-state index in [2.05, 4.69) is 17.0 Å². The number of sulfonamides is 1. The quantitative estimate of drug-likeness (QED) is 0.835. The third kappa shape index (κ3) is 4.82. The second kappa shape index (κ2) is 8.32. The van der Waals surface area contributed by atoms with Gasteiger partial charge in [-0.2, -0.15) is 0 Å². The summed E-state index contributed by atoms with van der Waals surface area (Å²) in [5.41, 5.74) is 1.66. The van der Waals surface area contributed by atoms with Gasteiger partial charge in [-0.05, 0) is 43.0 Å². The Labute approximate surface area is 156 Å². The topological polar surface area (TPSA) is 58.2 Å². The Kier molecular flexibility index (Phi) is 6.63. The summed E-state index contributed by atoms with van der Waals surface area (Å²) >= 11 is 0. The fourth-order valence-corrected chi connectivity index (χ4v) is 4.54. The van der Waals surface area contributed by atoms with Crippen molar-refractivity contribution in [1.82, 2.24) is 10.0 Å². The minimum absolute atomic E-state index is 0. The summed E-state index contributed by atoms with van der Waals surface area (Å²) in [6.07, 6.45) is 1.96. The first-order valence-corrected chi connectivity index (χ1v) is 9.83. The first-order chi connectivity index (χ1) is 11.5. The zero-order valence-electron chi connectivity index (χ0n) is 14.4. The van der Waals surface area contributed by atoms with E-state index in [0.717, 1.165) is 37.1 Å². The summed E-state index contributed by atoms with van der Waals surface area (Å²) in [5.74, 6) is 0. The second-order valence-electron chi connectivity index (χ2n) is 6.75. The summed E-state index contributed by atoms with van der Waals surface area (Å²) in [5, 5.41) is 3.32. The minimum atomic E-state index is -3.55. The fourth-order valence-electron chi connectivity index (χ4n) is 3.11. The second-order valence-corrected chi connectivity index (χ2v) is 8.48. The Morgan fingerprint density at radius 2 is 1.60 bits per heavy atom. The molecule has 3 rings (SSSR count). The summed E-state index contributed by atoms with van der Waals surface area (Å²) < 4.78 is 28.6. The normalized spacial score (nSPS) is 16.8. The lowest BCUT2D eigenvalue weighted by molar-refractivity contribution is 0.232. The van der Waals surface area contributed by atoms with E-state index in [1.54, 1.807) is 12.1 Å². The SMILES string of the molecule is CC1(CNS(=O)(=O)c2ccccc2-c2ccccc2)CCNCC1.Cl. The predicted molar refractivity (Wildman–Crippen MR) is 105 cm³/mol. The maximum absolute atomic E-state index is 12.9. The third-order valence-corrected chi connectivity index (χ3v) is 6.22. The minimum Gasteiger partial charge on any atom is -0.317 e. The molecule has 0 atom stereocenters. The van der Waals surface area contributed by atoms with Crippen LogP contribution in [0, 0.1) is 5.41 Å². The molecule has 2 aromatic rings. The van der Waals surface area contributed by atoms with Crippen molar-refractivity contribution in [3.63, 3.8) is 0 Å². The van der Waals surface area contributed by atoms with E-state index in [1.807, 2.05) is 42.5 Å². The highest BCUT2D eigenvalue weighted by molar-refractivity contribution is 7.89. The maximum Gasteiger partial charge on any atom is 0.241 e. The van der Waals surface area contributed by atoms with Crippen molar-refractivity contribution in [2.75, 3.05) is 19.6 Å². The zero-order valence-corrected chi connectivity index (χ0v) is 16.0. The van der Waals surface area contributed by atoms with Crippen LogP contribution in [-0.2, 0) is 10.0 Å². The average Bonchev–Trinajstić information content (AvgIpc) is 2.62. The Hall–Kier alpha value is -1.40. The molecule has 4 nitrogen and oxygen atoms in total. The first-order valence-electron chi connectivity index (χ1n) is 8.35. The van der Waals surface area contributed by atoms with Crippen LogP contribution >= 0.6 is 12.4 Å². The molecule has 2 N–H and O–H groups in total. The van der Waals surface area contributed by atoms with Crippen molar-refractivity contribution in [2.45, 2.75) is 24.7 Å². The van der Waals surface area contributed by atoms with Gasteiger partial charge in [0.1, 0.15) is 0 Å². The van der Waals surface area contributed by atoms with Crippen LogP contribution in [0.4, 0.5) is 0 Å². The zero-order chi connectivity index (χ0) is 17.0. The molecular weight excluding hydrogens is 356 g/mol. The molecule has 136 valence electrons. The highest BCUT2D eigenvalue weighted by Crippen LogP contribution is 2.30. The molecule has 0 aromatic heterocycles. The van der Waals surface area contributed by atoms with Gasteiger partial charge in [-0.3, -0.25) is 0 Å². The Morgan fingerprint density at radius 3 is 2.28 bits per heavy atom. The number of nitrogens with one attached hydrogen (secondary N) is 2. The van der Waals surface area contributed by atoms with E-state index in [4.69, 9.17) is 0 Å². The molecule has 0 spiro atoms. The van der Waals surface area contributed by atoms with Crippen molar-refractivity contribution in [3.8, 4) is 11.1 Å². The summed E-state index contributed by atoms with van der Waals surface area (Å²) in [7, 11) is -3.55. The van der Waals surface area contributed by atoms with Crippen LogP contribution in [0.3, 0.4) is 0 Å². The van der Waals surface area contributed by atoms with E-state index in [0.29, 0.717) is 11.4 Å². The third-order valence-electron chi connectivity index (χ3n) is 4.76. The van der Waals surface area contributed by atoms with Gasteiger partial charge in [0, 0.05) is 12.1 Å². The molecule has 1 heterocycles. The number of hydrogen-bond acceptors (Lipinski definition) is 3. The van der Waals surface area contributed by atoms with Crippen molar-refractivity contribution in [2.24, 2.45) is 5.41 Å². The molecule has 0 saturated carbocycles. The molecule has 0 unspecified atom stereocenters. The number of hydrogen-bond donors (Lipinski definition) is 2. The lowest BCUT2D eigenvalue weighted by Crippen LogP contribution is -2.42. The summed E-state index contributed by atoms with van der Waals surface area (Å²) in [6.45, 7) is 4.51. The highest BCUT2D eigenvalue weighted by atomic mass is 35.5. The standard InChI is InChI=1S/C19H24N2O2S.ClH/c1-19(11-13-20-14-12-19)15-21-24(22,23)18-10-6-5-9-17(18)16-7-3-2-4-8-16;/h2-10,20-21H,11-15H2,1H3;1H. The van der Waals surface area contributed by atoms with Gasteiger partial charge in [0.2, 0.25) is 10.0 Å². The lowest BCUT2D eigenvalue weighted by Gasteiger charge is -2.34. The number of rotatable bonds is 5. The monoisotopic (exact) mass is 380 g/mol. The van der Waals surface area contributed by atoms with Gasteiger partial charge in [0.25, 0.3) is 0 Å². The molecule has 1 saturated heterocycles. The Morgan fingerprint density at radius 1 is 1.00 bits per heavy atom. The van der Waals surface area contributed by atoms with Crippen LogP contribution in [-0.4, -0.2) is 28.1 Å². The van der Waals surface area contributed by atoms with Gasteiger partial charge >= 0.3 is 0 Å². The molecule has 0 radical (unpaired) electrons. The molecule has 0 bridgehead atoms. The van der Waals surface area contributed by atoms with Gasteiger partial charge in [-0.15, -0.1) is 12.4 Å². The number of piperidine rings is 1. The number of benzene rings is 2. The van der Waals surface area contributed by atoms with Crippen LogP contribution in [0.5, 0.6) is 0 Å². The molecule has 0 aliphatic carbocycles. The molecule has 1 aliphatic rings. The van der Waals surface area contributed by atoms with Crippen molar-refractivity contribution in [3.05, 3.63) is 54.6 Å². The van der Waals surface area contributed by atoms with E-state index in [9.17, 15) is 8.42 Å². The molecule has 25 heavy (non-hydrogen) atoms. The smallest absolute Gasteiger partial charge is 0.241 e. The van der Waals surface area contributed by atoms with Gasteiger partial charge in [0.15, 0.2) is 0 Å². The maximum atomic E-state index is 12.9. The van der Waals surface area contributed by atoms with E-state index in [1.165, 1.54) is 0 Å². The van der Waals surface area contributed by atoms with Crippen LogP contribution in [0.2, 0.25) is 0 Å². The number of halogens is 1. The van der Waals surface area contributed by atoms with Crippen LogP contribution in [0.1, 0.15) is 19.8 Å². The summed E-state index contributed by atoms with van der Waals surface area (Å²) in [4.78, 5) is 0.341. The molecule has 6 heteroatoms. The van der Waals surface area contributed by atoms with Crippen LogP contribution < -0.4 is 10.0 Å². The molecule has 1 fully saturated rings. The average molecular weight is 381 g/mol. The fraction of sp³-hybridized carbons (Fsp3) is 0.368. The van der Waals surface area contributed by atoms with Gasteiger partial charge in [-0.1, -0.05) is 55.5 Å². The van der Waals surface area contributed by atoms with E-state index in [-0.39, 0.29) is 17.8 Å². The molecule has 1 aliphatic heterocycles. The molecular formula is C19H25ClN2O2S. The van der Waals surface area contributed by atoms with E-state index >= 15 is 0 Å². The van der Waals surface area contributed by atoms with E-state index < -0.39 is 10.0 Å². The predicted octanol–water partition coefficient (Wildman–Crippen LogP) is 3.44. The summed E-state index contributed by atoms with van der Waals surface area (Å²) in [6, 6.07) is 16.8. The van der Waals surface area contributed by atoms with Crippen LogP contribution in [0.15, 0.2) is 59.5 Å². The molecule has 0 amide bonds. The Bertz CT molecular complexity index is 788. The van der Waals surface area contributed by atoms with Crippen LogP contribution in [0.25, 0.3) is 11.1 Å². The van der Waals surface area contributed by atoms with Crippen molar-refractivity contribution >= 4 is 22.4 Å². The van der Waals surface area contributed by atoms with Gasteiger partial charge < -0.3 is 5.32 Å². The molecule has 2 aromatic carbocycles. The Balaban J connectivity index is 0.00000225.